The van der Waals surface area contributed by atoms with Gasteiger partial charge in [-0.05, 0) is 45.3 Å². The Morgan fingerprint density at radius 1 is 1.12 bits per heavy atom. The average Bonchev–Trinajstić information content (AvgIpc) is 2.51. The fourth-order valence-corrected chi connectivity index (χ4v) is 3.97. The molecule has 0 heterocycles. The van der Waals surface area contributed by atoms with Crippen LogP contribution in [0.3, 0.4) is 0 Å². The molecular formula is C13H22OPSi. The zero-order valence-corrected chi connectivity index (χ0v) is 13.1. The first-order valence-corrected chi connectivity index (χ1v) is 9.99. The van der Waals surface area contributed by atoms with Crippen LogP contribution in [0.25, 0.3) is 0 Å². The number of hydrogen-bond acceptors (Lipinski definition) is 1. The van der Waals surface area contributed by atoms with Crippen LogP contribution in [0.4, 0.5) is 0 Å². The summed E-state index contributed by atoms with van der Waals surface area (Å²) in [6, 6.07) is 0. The van der Waals surface area contributed by atoms with E-state index in [4.69, 9.17) is 4.43 Å². The van der Waals surface area contributed by atoms with Crippen LogP contribution < -0.4 is 0 Å². The summed E-state index contributed by atoms with van der Waals surface area (Å²) in [4.78, 5) is 0. The summed E-state index contributed by atoms with van der Waals surface area (Å²) in [6.45, 7) is 13.4. The van der Waals surface area contributed by atoms with E-state index in [0.717, 1.165) is 0 Å². The van der Waals surface area contributed by atoms with Crippen LogP contribution in [0, 0.1) is 36.8 Å². The van der Waals surface area contributed by atoms with Crippen molar-refractivity contribution in [1.29, 1.82) is 0 Å². The maximum atomic E-state index is 6.22. The van der Waals surface area contributed by atoms with Gasteiger partial charge in [-0.2, -0.15) is 0 Å². The van der Waals surface area contributed by atoms with Gasteiger partial charge in [0.25, 0.3) is 0 Å². The van der Waals surface area contributed by atoms with Crippen LogP contribution in [0.15, 0.2) is 0 Å². The largest absolute Gasteiger partial charge is 0.385 e. The van der Waals surface area contributed by atoms with Gasteiger partial charge in [-0.15, -0.1) is 0 Å². The van der Waals surface area contributed by atoms with Crippen LogP contribution >= 0.6 is 8.20 Å². The lowest BCUT2D eigenvalue weighted by Gasteiger charge is -2.29. The van der Waals surface area contributed by atoms with Gasteiger partial charge < -0.3 is 4.43 Å². The molecule has 0 aromatic heterocycles. The first-order chi connectivity index (χ1) is 7.18. The minimum atomic E-state index is -1.51. The van der Waals surface area contributed by atoms with Gasteiger partial charge in [-0.25, -0.2) is 0 Å². The highest BCUT2D eigenvalue weighted by atomic mass is 31.1. The minimum absolute atomic E-state index is 0.110. The van der Waals surface area contributed by atoms with Gasteiger partial charge in [-0.1, -0.05) is 29.0 Å². The maximum Gasteiger partial charge on any atom is 0.191 e. The molecular weight excluding hydrogens is 231 g/mol. The van der Waals surface area contributed by atoms with Crippen LogP contribution in [0.2, 0.25) is 19.6 Å². The maximum absolute atomic E-state index is 6.22. The van der Waals surface area contributed by atoms with E-state index in [9.17, 15) is 0 Å². The third-order valence-corrected chi connectivity index (χ3v) is 4.43. The molecule has 1 nitrogen and oxygen atoms in total. The van der Waals surface area contributed by atoms with E-state index in [1.54, 1.807) is 0 Å². The van der Waals surface area contributed by atoms with E-state index < -0.39 is 8.32 Å². The lowest BCUT2D eigenvalue weighted by Crippen LogP contribution is -2.34. The first-order valence-electron chi connectivity index (χ1n) is 5.68. The van der Waals surface area contributed by atoms with E-state index in [1.165, 1.54) is 19.3 Å². The summed E-state index contributed by atoms with van der Waals surface area (Å²) >= 11 is 0. The topological polar surface area (TPSA) is 9.23 Å². The summed E-state index contributed by atoms with van der Waals surface area (Å²) in [6.07, 6.45) is 8.47. The van der Waals surface area contributed by atoms with Crippen LogP contribution in [0.1, 0.15) is 20.8 Å². The van der Waals surface area contributed by atoms with Crippen LogP contribution in [-0.4, -0.2) is 13.8 Å². The number of rotatable bonds is 3. The lowest BCUT2D eigenvalue weighted by molar-refractivity contribution is 0.447. The molecule has 1 saturated carbocycles. The highest BCUT2D eigenvalue weighted by Gasteiger charge is 2.27. The summed E-state index contributed by atoms with van der Waals surface area (Å²) < 4.78 is 6.22. The van der Waals surface area contributed by atoms with Crippen molar-refractivity contribution in [3.8, 4) is 0 Å². The van der Waals surface area contributed by atoms with Crippen molar-refractivity contribution in [1.82, 2.24) is 0 Å². The molecule has 89 valence electrons. The van der Waals surface area contributed by atoms with Crippen molar-refractivity contribution < 1.29 is 4.43 Å². The Balaban J connectivity index is 2.78. The molecule has 0 bridgehead atoms. The molecule has 5 radical (unpaired) electrons. The molecule has 1 aliphatic rings. The smallest absolute Gasteiger partial charge is 0.191 e. The summed E-state index contributed by atoms with van der Waals surface area (Å²) in [5.41, 5.74) is 2.63. The zero-order chi connectivity index (χ0) is 12.4. The van der Waals surface area contributed by atoms with Gasteiger partial charge in [-0.3, -0.25) is 0 Å². The molecule has 0 atom stereocenters. The quantitative estimate of drug-likeness (QED) is 0.537. The Morgan fingerprint density at radius 2 is 1.62 bits per heavy atom. The van der Waals surface area contributed by atoms with Crippen molar-refractivity contribution in [2.75, 3.05) is 0 Å². The Morgan fingerprint density at radius 3 is 2.00 bits per heavy atom. The van der Waals surface area contributed by atoms with Crippen molar-refractivity contribution in [2.24, 2.45) is 5.41 Å². The fourth-order valence-electron chi connectivity index (χ4n) is 1.19. The molecule has 0 aromatic carbocycles. The minimum Gasteiger partial charge on any atom is -0.385 e. The second kappa shape index (κ2) is 5.33. The molecule has 1 fully saturated rings. The third kappa shape index (κ3) is 5.12. The van der Waals surface area contributed by atoms with Gasteiger partial charge >= 0.3 is 0 Å². The third-order valence-electron chi connectivity index (χ3n) is 1.92. The van der Waals surface area contributed by atoms with Gasteiger partial charge in [0, 0.05) is 11.1 Å². The van der Waals surface area contributed by atoms with Gasteiger partial charge in [0.05, 0.1) is 5.48 Å². The molecule has 1 rings (SSSR count). The molecule has 16 heavy (non-hydrogen) atoms. The predicted octanol–water partition coefficient (Wildman–Crippen LogP) is 4.32. The highest BCUT2D eigenvalue weighted by Crippen LogP contribution is 2.38. The SMILES string of the molecule is CC(C)(C)C(O[Si](C)(C)C)=P[C]1[CH][CH][CH][CH]1. The zero-order valence-electron chi connectivity index (χ0n) is 11.2. The molecule has 0 aliphatic heterocycles. The molecule has 0 unspecified atom stereocenters. The second-order valence-electron chi connectivity index (χ2n) is 6.02. The van der Waals surface area contributed by atoms with Crippen LogP contribution in [0.5, 0.6) is 0 Å². The molecule has 0 amide bonds. The molecule has 3 heteroatoms. The Hall–Kier alpha value is 0.347. The van der Waals surface area contributed by atoms with Gasteiger partial charge in [0.15, 0.2) is 8.32 Å². The highest BCUT2D eigenvalue weighted by molar-refractivity contribution is 7.44. The first kappa shape index (κ1) is 14.4. The van der Waals surface area contributed by atoms with E-state index in [0.29, 0.717) is 0 Å². The van der Waals surface area contributed by atoms with Gasteiger partial charge in [0.2, 0.25) is 0 Å². The average molecular weight is 253 g/mol. The fraction of sp³-hybridized carbons (Fsp3) is 0.538. The molecule has 0 saturated heterocycles. The summed E-state index contributed by atoms with van der Waals surface area (Å²) in [5.74, 6) is 0. The van der Waals surface area contributed by atoms with Crippen molar-refractivity contribution in [3.05, 3.63) is 31.3 Å². The second-order valence-corrected chi connectivity index (χ2v) is 11.6. The van der Waals surface area contributed by atoms with Crippen molar-refractivity contribution in [2.45, 2.75) is 40.4 Å². The van der Waals surface area contributed by atoms with Crippen LogP contribution in [-0.2, 0) is 4.43 Å². The summed E-state index contributed by atoms with van der Waals surface area (Å²) in [7, 11) is -0.291. The normalized spacial score (nSPS) is 20.5. The Kier molecular flexibility index (Phi) is 4.80. The van der Waals surface area contributed by atoms with Crippen molar-refractivity contribution >= 4 is 22.0 Å². The molecule has 0 aromatic rings. The van der Waals surface area contributed by atoms with E-state index in [1.807, 2.05) is 0 Å². The molecule has 0 spiro atoms. The number of hydrogen-bond donors (Lipinski definition) is 0. The predicted molar refractivity (Wildman–Crippen MR) is 76.3 cm³/mol. The van der Waals surface area contributed by atoms with E-state index in [-0.39, 0.29) is 5.41 Å². The van der Waals surface area contributed by atoms with E-state index in [2.05, 4.69) is 66.1 Å². The monoisotopic (exact) mass is 253 g/mol. The molecule has 0 N–H and O–H groups in total. The van der Waals surface area contributed by atoms with E-state index >= 15 is 0 Å². The summed E-state index contributed by atoms with van der Waals surface area (Å²) in [5, 5.41) is 0. The standard InChI is InChI=1S/C13H22OPSi/c1-13(2,3)12(14-16(4,5)6)15-11-9-7-8-10-11/h7-10H,1-6H3. The van der Waals surface area contributed by atoms with Crippen molar-refractivity contribution in [3.63, 3.8) is 0 Å². The van der Waals surface area contributed by atoms with Gasteiger partial charge in [0.1, 0.15) is 0 Å². The Bertz CT molecular complexity index is 254. The lowest BCUT2D eigenvalue weighted by atomic mass is 9.99. The molecule has 1 aliphatic carbocycles. The Labute approximate surface area is 104 Å².